The van der Waals surface area contributed by atoms with Gasteiger partial charge in [-0.2, -0.15) is 0 Å². The lowest BCUT2D eigenvalue weighted by Crippen LogP contribution is -2.37. The van der Waals surface area contributed by atoms with E-state index in [1.807, 2.05) is 59.3 Å². The van der Waals surface area contributed by atoms with Crippen LogP contribution < -0.4 is 4.90 Å². The molecule has 3 heterocycles. The molecule has 1 saturated heterocycles. The fourth-order valence-electron chi connectivity index (χ4n) is 4.16. The molecule has 152 valence electrons. The summed E-state index contributed by atoms with van der Waals surface area (Å²) in [5.41, 5.74) is 3.75. The van der Waals surface area contributed by atoms with Crippen LogP contribution in [-0.2, 0) is 17.8 Å². The third-order valence-electron chi connectivity index (χ3n) is 5.83. The first-order valence-electron chi connectivity index (χ1n) is 10.1. The van der Waals surface area contributed by atoms with Crippen LogP contribution in [-0.4, -0.2) is 58.8 Å². The third-order valence-corrected chi connectivity index (χ3v) is 5.83. The van der Waals surface area contributed by atoms with E-state index < -0.39 is 0 Å². The van der Waals surface area contributed by atoms with Crippen molar-refractivity contribution in [3.05, 3.63) is 53.1 Å². The molecule has 0 aliphatic carbocycles. The van der Waals surface area contributed by atoms with Gasteiger partial charge in [0.15, 0.2) is 5.82 Å². The number of carbonyl (C=O) groups excluding carboxylic acids is 2. The molecule has 0 bridgehead atoms. The molecule has 2 amide bonds. The van der Waals surface area contributed by atoms with Crippen molar-refractivity contribution in [2.75, 3.05) is 32.1 Å². The van der Waals surface area contributed by atoms with E-state index in [1.54, 1.807) is 6.92 Å². The Balaban J connectivity index is 1.49. The van der Waals surface area contributed by atoms with Gasteiger partial charge in [0, 0.05) is 70.1 Å². The minimum absolute atomic E-state index is 0.0207. The van der Waals surface area contributed by atoms with Crippen LogP contribution in [0.5, 0.6) is 0 Å². The maximum atomic E-state index is 12.9. The summed E-state index contributed by atoms with van der Waals surface area (Å²) in [4.78, 5) is 39.8. The second-order valence-corrected chi connectivity index (χ2v) is 7.99. The molecule has 1 aromatic heterocycles. The second kappa shape index (κ2) is 7.81. The van der Waals surface area contributed by atoms with Crippen molar-refractivity contribution in [2.45, 2.75) is 38.8 Å². The van der Waals surface area contributed by atoms with Crippen molar-refractivity contribution >= 4 is 17.5 Å². The van der Waals surface area contributed by atoms with Crippen LogP contribution in [0.4, 0.5) is 5.69 Å². The number of rotatable bonds is 3. The Morgan fingerprint density at radius 1 is 1.14 bits per heavy atom. The first kappa shape index (κ1) is 19.4. The normalized spacial score (nSPS) is 18.5. The molecule has 0 radical (unpaired) electrons. The van der Waals surface area contributed by atoms with Crippen molar-refractivity contribution in [3.63, 3.8) is 0 Å². The van der Waals surface area contributed by atoms with Crippen LogP contribution in [0.1, 0.15) is 53.2 Å². The lowest BCUT2D eigenvalue weighted by Gasteiger charge is -2.29. The quantitative estimate of drug-likeness (QED) is 0.801. The minimum atomic E-state index is -0.0207. The molecule has 0 saturated carbocycles. The van der Waals surface area contributed by atoms with Crippen molar-refractivity contribution in [1.82, 2.24) is 19.8 Å². The summed E-state index contributed by atoms with van der Waals surface area (Å²) in [6.45, 7) is 3.53. The fraction of sp³-hybridized carbons (Fsp3) is 0.455. The summed E-state index contributed by atoms with van der Waals surface area (Å²) < 4.78 is 0. The molecule has 2 aromatic rings. The molecule has 0 spiro atoms. The van der Waals surface area contributed by atoms with Crippen LogP contribution in [0, 0.1) is 0 Å². The van der Waals surface area contributed by atoms with Crippen molar-refractivity contribution in [2.24, 2.45) is 0 Å². The zero-order valence-corrected chi connectivity index (χ0v) is 17.3. The van der Waals surface area contributed by atoms with Crippen molar-refractivity contribution in [1.29, 1.82) is 0 Å². The summed E-state index contributed by atoms with van der Waals surface area (Å²) in [6.07, 6.45) is 4.44. The lowest BCUT2D eigenvalue weighted by atomic mass is 10.0. The molecule has 4 rings (SSSR count). The highest BCUT2D eigenvalue weighted by atomic mass is 16.2. The fourth-order valence-corrected chi connectivity index (χ4v) is 4.16. The van der Waals surface area contributed by atoms with E-state index in [0.29, 0.717) is 25.1 Å². The highest BCUT2D eigenvalue weighted by molar-refractivity contribution is 5.94. The number of nitrogens with zero attached hydrogens (tertiary/aromatic N) is 5. The molecular weight excluding hydrogens is 366 g/mol. The molecule has 7 heteroatoms. The molecule has 2 aliphatic rings. The van der Waals surface area contributed by atoms with Gasteiger partial charge in [-0.1, -0.05) is 0 Å². The average molecular weight is 393 g/mol. The van der Waals surface area contributed by atoms with Gasteiger partial charge in [-0.05, 0) is 37.1 Å². The van der Waals surface area contributed by atoms with Gasteiger partial charge < -0.3 is 14.7 Å². The smallest absolute Gasteiger partial charge is 0.254 e. The van der Waals surface area contributed by atoms with E-state index in [2.05, 4.69) is 4.98 Å². The highest BCUT2D eigenvalue weighted by Gasteiger charge is 2.31. The largest absolute Gasteiger partial charge is 0.378 e. The van der Waals surface area contributed by atoms with Crippen LogP contribution in [0.2, 0.25) is 0 Å². The van der Waals surface area contributed by atoms with E-state index in [-0.39, 0.29) is 17.9 Å². The van der Waals surface area contributed by atoms with Gasteiger partial charge in [0.25, 0.3) is 5.91 Å². The summed E-state index contributed by atoms with van der Waals surface area (Å²) in [7, 11) is 3.96. The van der Waals surface area contributed by atoms with Gasteiger partial charge in [-0.15, -0.1) is 0 Å². The first-order valence-corrected chi connectivity index (χ1v) is 10.1. The molecule has 1 unspecified atom stereocenters. The predicted octanol–water partition coefficient (Wildman–Crippen LogP) is 2.42. The van der Waals surface area contributed by atoms with Gasteiger partial charge in [0.05, 0.1) is 11.7 Å². The summed E-state index contributed by atoms with van der Waals surface area (Å²) in [6, 6.07) is 7.66. The van der Waals surface area contributed by atoms with E-state index in [4.69, 9.17) is 4.98 Å². The van der Waals surface area contributed by atoms with Crippen molar-refractivity contribution in [3.8, 4) is 0 Å². The van der Waals surface area contributed by atoms with Crippen LogP contribution in [0.3, 0.4) is 0 Å². The number of likely N-dealkylation sites (tertiary alicyclic amines) is 1. The molecular formula is C22H27N5O2. The molecule has 1 aromatic carbocycles. The number of benzene rings is 1. The number of fused-ring (bicyclic) bond motifs is 1. The highest BCUT2D eigenvalue weighted by Crippen LogP contribution is 2.31. The summed E-state index contributed by atoms with van der Waals surface area (Å²) >= 11 is 0. The lowest BCUT2D eigenvalue weighted by molar-refractivity contribution is -0.129. The zero-order chi connectivity index (χ0) is 20.5. The van der Waals surface area contributed by atoms with Crippen molar-refractivity contribution < 1.29 is 9.59 Å². The maximum Gasteiger partial charge on any atom is 0.254 e. The van der Waals surface area contributed by atoms with Crippen LogP contribution in [0.25, 0.3) is 0 Å². The number of amides is 2. The minimum Gasteiger partial charge on any atom is -0.378 e. The van der Waals surface area contributed by atoms with Gasteiger partial charge in [-0.25, -0.2) is 9.97 Å². The number of hydrogen-bond acceptors (Lipinski definition) is 5. The third kappa shape index (κ3) is 3.81. The SMILES string of the molecule is CC(=O)N1CCCC1c1ncc2c(n1)CCN(C(=O)c1ccc(N(C)C)cc1)C2. The van der Waals surface area contributed by atoms with E-state index >= 15 is 0 Å². The number of anilines is 1. The molecule has 0 N–H and O–H groups in total. The molecule has 1 fully saturated rings. The van der Waals surface area contributed by atoms with Crippen LogP contribution in [0.15, 0.2) is 30.5 Å². The Morgan fingerprint density at radius 2 is 1.90 bits per heavy atom. The second-order valence-electron chi connectivity index (χ2n) is 7.99. The Morgan fingerprint density at radius 3 is 2.59 bits per heavy atom. The number of hydrogen-bond donors (Lipinski definition) is 0. The first-order chi connectivity index (χ1) is 13.9. The average Bonchev–Trinajstić information content (AvgIpc) is 3.23. The summed E-state index contributed by atoms with van der Waals surface area (Å²) in [5, 5.41) is 0. The predicted molar refractivity (Wildman–Crippen MR) is 111 cm³/mol. The van der Waals surface area contributed by atoms with E-state index in [1.165, 1.54) is 0 Å². The van der Waals surface area contributed by atoms with Crippen LogP contribution >= 0.6 is 0 Å². The number of aromatic nitrogens is 2. The Bertz CT molecular complexity index is 925. The van der Waals surface area contributed by atoms with Gasteiger partial charge in [-0.3, -0.25) is 9.59 Å². The Labute approximate surface area is 171 Å². The summed E-state index contributed by atoms with van der Waals surface area (Å²) in [5.74, 6) is 0.838. The van der Waals surface area contributed by atoms with Gasteiger partial charge in [0.2, 0.25) is 5.91 Å². The maximum absolute atomic E-state index is 12.9. The molecule has 7 nitrogen and oxygen atoms in total. The standard InChI is InChI=1S/C22H27N5O2/c1-15(28)27-11-4-5-20(27)21-23-13-17-14-26(12-10-19(17)24-21)22(29)16-6-8-18(9-7-16)25(2)3/h6-9,13,20H,4-5,10-12,14H2,1-3H3. The Hall–Kier alpha value is -2.96. The van der Waals surface area contributed by atoms with Gasteiger partial charge in [0.1, 0.15) is 0 Å². The zero-order valence-electron chi connectivity index (χ0n) is 17.3. The number of carbonyl (C=O) groups is 2. The Kier molecular flexibility index (Phi) is 5.22. The monoisotopic (exact) mass is 393 g/mol. The molecule has 29 heavy (non-hydrogen) atoms. The van der Waals surface area contributed by atoms with E-state index in [9.17, 15) is 9.59 Å². The topological polar surface area (TPSA) is 69.6 Å². The molecule has 1 atom stereocenters. The van der Waals surface area contributed by atoms with Gasteiger partial charge >= 0.3 is 0 Å². The molecule has 2 aliphatic heterocycles. The van der Waals surface area contributed by atoms with E-state index in [0.717, 1.165) is 42.2 Å².